The van der Waals surface area contributed by atoms with Crippen LogP contribution in [-0.4, -0.2) is 11.7 Å². The van der Waals surface area contributed by atoms with Gasteiger partial charge in [-0.05, 0) is 57.9 Å². The maximum atomic E-state index is 6.45. The summed E-state index contributed by atoms with van der Waals surface area (Å²) < 4.78 is 12.9. The van der Waals surface area contributed by atoms with Crippen molar-refractivity contribution in [2.24, 2.45) is 0 Å². The molecule has 0 saturated carbocycles. The molecular formula is C29H18BNO2. The molecule has 7 rings (SSSR count). The van der Waals surface area contributed by atoms with E-state index in [4.69, 9.17) is 9.47 Å². The molecule has 4 heteroatoms. The molecule has 0 radical (unpaired) electrons. The summed E-state index contributed by atoms with van der Waals surface area (Å²) in [7, 11) is 0. The Labute approximate surface area is 192 Å². The van der Waals surface area contributed by atoms with Gasteiger partial charge in [0, 0.05) is 23.4 Å². The zero-order valence-corrected chi connectivity index (χ0v) is 17.7. The average molecular weight is 423 g/mol. The summed E-state index contributed by atoms with van der Waals surface area (Å²) in [5.41, 5.74) is 7.81. The molecule has 0 fully saturated rings. The largest absolute Gasteiger partial charge is 0.458 e. The Bertz CT molecular complexity index is 1460. The van der Waals surface area contributed by atoms with Crippen molar-refractivity contribution in [3.8, 4) is 45.3 Å². The molecule has 0 bridgehead atoms. The molecule has 0 amide bonds. The minimum atomic E-state index is 0.0903. The van der Waals surface area contributed by atoms with Crippen molar-refractivity contribution in [1.29, 1.82) is 0 Å². The van der Waals surface area contributed by atoms with Crippen LogP contribution >= 0.6 is 0 Å². The highest BCUT2D eigenvalue weighted by atomic mass is 16.5. The number of pyridine rings is 1. The second-order valence-electron chi connectivity index (χ2n) is 8.39. The fourth-order valence-corrected chi connectivity index (χ4v) is 5.06. The van der Waals surface area contributed by atoms with Gasteiger partial charge in [0.15, 0.2) is 0 Å². The molecule has 4 aromatic carbocycles. The Balaban J connectivity index is 1.47. The van der Waals surface area contributed by atoms with E-state index >= 15 is 0 Å². The highest BCUT2D eigenvalue weighted by Crippen LogP contribution is 2.40. The molecule has 0 saturated heterocycles. The van der Waals surface area contributed by atoms with Crippen LogP contribution in [0.1, 0.15) is 0 Å². The van der Waals surface area contributed by atoms with Crippen molar-refractivity contribution >= 4 is 23.1 Å². The van der Waals surface area contributed by atoms with Crippen LogP contribution in [0.3, 0.4) is 0 Å². The summed E-state index contributed by atoms with van der Waals surface area (Å²) in [5, 5.41) is 0. The van der Waals surface area contributed by atoms with Crippen LogP contribution in [0.4, 0.5) is 0 Å². The zero-order valence-electron chi connectivity index (χ0n) is 17.7. The first-order valence-electron chi connectivity index (χ1n) is 11.1. The Hall–Kier alpha value is -4.31. The minimum Gasteiger partial charge on any atom is -0.458 e. The molecule has 0 aliphatic carbocycles. The van der Waals surface area contributed by atoms with Gasteiger partial charge in [0.25, 0.3) is 6.71 Å². The quantitative estimate of drug-likeness (QED) is 0.361. The monoisotopic (exact) mass is 423 g/mol. The highest BCUT2D eigenvalue weighted by molar-refractivity contribution is 6.98. The summed E-state index contributed by atoms with van der Waals surface area (Å²) in [5.74, 6) is 3.49. The standard InChI is InChI=1S/C29H18BNO2/c1-2-10-22(21(9-1)19-8-7-15-31-18-19)20-16-27-29-28(17-20)33-26-14-6-4-12-24(26)30(29)23-11-3-5-13-25(23)32-27/h1-18H. The SMILES string of the molecule is c1cncc(-c2ccccc2-c2cc3c4c(c2)Oc2ccccc2B4c2ccccc2O3)c1. The van der Waals surface area contributed by atoms with Gasteiger partial charge in [-0.3, -0.25) is 4.98 Å². The molecule has 3 nitrogen and oxygen atoms in total. The van der Waals surface area contributed by atoms with Crippen LogP contribution in [-0.2, 0) is 0 Å². The molecule has 0 unspecified atom stereocenters. The van der Waals surface area contributed by atoms with E-state index in [1.165, 1.54) is 10.9 Å². The first kappa shape index (κ1) is 18.3. The summed E-state index contributed by atoms with van der Waals surface area (Å²) in [4.78, 5) is 4.32. The van der Waals surface area contributed by atoms with Crippen molar-refractivity contribution in [2.45, 2.75) is 0 Å². The summed E-state index contributed by atoms with van der Waals surface area (Å²) in [6.45, 7) is 0.0903. The van der Waals surface area contributed by atoms with Crippen LogP contribution in [0.2, 0.25) is 0 Å². The zero-order chi connectivity index (χ0) is 21.8. The third kappa shape index (κ3) is 2.81. The van der Waals surface area contributed by atoms with Crippen LogP contribution in [0.5, 0.6) is 23.0 Å². The Morgan fingerprint density at radius 1 is 0.545 bits per heavy atom. The first-order chi connectivity index (χ1) is 16.4. The molecular weight excluding hydrogens is 405 g/mol. The van der Waals surface area contributed by atoms with Gasteiger partial charge in [0.1, 0.15) is 23.0 Å². The van der Waals surface area contributed by atoms with Gasteiger partial charge in [-0.25, -0.2) is 0 Å². The second kappa shape index (κ2) is 7.11. The van der Waals surface area contributed by atoms with Crippen molar-refractivity contribution in [2.75, 3.05) is 0 Å². The van der Waals surface area contributed by atoms with Gasteiger partial charge >= 0.3 is 0 Å². The number of nitrogens with zero attached hydrogens (tertiary/aromatic N) is 1. The van der Waals surface area contributed by atoms with E-state index in [1.807, 2.05) is 36.5 Å². The molecule has 0 spiro atoms. The highest BCUT2D eigenvalue weighted by Gasteiger charge is 2.40. The van der Waals surface area contributed by atoms with Gasteiger partial charge < -0.3 is 9.47 Å². The number of rotatable bonds is 2. The normalized spacial score (nSPS) is 12.7. The van der Waals surface area contributed by atoms with Gasteiger partial charge in [-0.2, -0.15) is 0 Å². The molecule has 0 N–H and O–H groups in total. The topological polar surface area (TPSA) is 31.4 Å². The fourth-order valence-electron chi connectivity index (χ4n) is 5.06. The number of hydrogen-bond acceptors (Lipinski definition) is 3. The summed E-state index contributed by atoms with van der Waals surface area (Å²) >= 11 is 0. The van der Waals surface area contributed by atoms with E-state index in [0.717, 1.165) is 50.7 Å². The Kier molecular flexibility index (Phi) is 3.94. The molecule has 3 heterocycles. The lowest BCUT2D eigenvalue weighted by Crippen LogP contribution is -2.57. The smallest absolute Gasteiger partial charge is 0.260 e. The van der Waals surface area contributed by atoms with Crippen molar-refractivity contribution in [3.05, 3.63) is 109 Å². The molecule has 33 heavy (non-hydrogen) atoms. The van der Waals surface area contributed by atoms with Gasteiger partial charge in [-0.15, -0.1) is 0 Å². The minimum absolute atomic E-state index is 0.0903. The molecule has 2 aliphatic rings. The van der Waals surface area contributed by atoms with Crippen molar-refractivity contribution in [3.63, 3.8) is 0 Å². The Morgan fingerprint density at radius 2 is 1.12 bits per heavy atom. The third-order valence-corrected chi connectivity index (χ3v) is 6.50. The molecule has 1 aromatic heterocycles. The third-order valence-electron chi connectivity index (χ3n) is 6.50. The predicted octanol–water partition coefficient (Wildman–Crippen LogP) is 5.14. The van der Waals surface area contributed by atoms with Crippen molar-refractivity contribution < 1.29 is 9.47 Å². The van der Waals surface area contributed by atoms with E-state index in [2.05, 4.69) is 71.7 Å². The molecule has 5 aromatic rings. The summed E-state index contributed by atoms with van der Waals surface area (Å²) in [6, 6.07) is 33.3. The van der Waals surface area contributed by atoms with Gasteiger partial charge in [0.05, 0.1) is 0 Å². The number of ether oxygens (including phenoxy) is 2. The number of para-hydroxylation sites is 2. The maximum Gasteiger partial charge on any atom is 0.260 e. The second-order valence-corrected chi connectivity index (χ2v) is 8.39. The van der Waals surface area contributed by atoms with Crippen LogP contribution in [0.15, 0.2) is 109 Å². The van der Waals surface area contributed by atoms with E-state index in [0.29, 0.717) is 0 Å². The van der Waals surface area contributed by atoms with E-state index in [-0.39, 0.29) is 6.71 Å². The lowest BCUT2D eigenvalue weighted by atomic mass is 9.35. The Morgan fingerprint density at radius 3 is 1.73 bits per heavy atom. The molecule has 0 atom stereocenters. The van der Waals surface area contributed by atoms with Crippen molar-refractivity contribution in [1.82, 2.24) is 4.98 Å². The predicted molar refractivity (Wildman–Crippen MR) is 133 cm³/mol. The van der Waals surface area contributed by atoms with E-state index in [1.54, 1.807) is 6.20 Å². The maximum absolute atomic E-state index is 6.45. The molecule has 154 valence electrons. The van der Waals surface area contributed by atoms with E-state index in [9.17, 15) is 0 Å². The number of benzene rings is 4. The van der Waals surface area contributed by atoms with Crippen LogP contribution < -0.4 is 25.9 Å². The average Bonchev–Trinajstić information content (AvgIpc) is 2.89. The first-order valence-corrected chi connectivity index (χ1v) is 11.1. The lowest BCUT2D eigenvalue weighted by molar-refractivity contribution is 0.465. The number of aromatic nitrogens is 1. The van der Waals surface area contributed by atoms with Crippen LogP contribution in [0.25, 0.3) is 22.3 Å². The van der Waals surface area contributed by atoms with E-state index < -0.39 is 0 Å². The fraction of sp³-hybridized carbons (Fsp3) is 0. The number of fused-ring (bicyclic) bond motifs is 4. The summed E-state index contributed by atoms with van der Waals surface area (Å²) in [6.07, 6.45) is 3.70. The number of hydrogen-bond donors (Lipinski definition) is 0. The molecule has 2 aliphatic heterocycles. The van der Waals surface area contributed by atoms with Gasteiger partial charge in [0.2, 0.25) is 0 Å². The lowest BCUT2D eigenvalue weighted by Gasteiger charge is -2.33. The van der Waals surface area contributed by atoms with Gasteiger partial charge in [-0.1, -0.05) is 66.7 Å². The van der Waals surface area contributed by atoms with Crippen LogP contribution in [0, 0.1) is 0 Å².